The average molecular weight is 358 g/mol. The van der Waals surface area contributed by atoms with Crippen LogP contribution < -0.4 is 16.2 Å². The largest absolute Gasteiger partial charge is 0.384 e. The van der Waals surface area contributed by atoms with E-state index < -0.39 is 5.41 Å². The smallest absolute Gasteiger partial charge is 0.295 e. The van der Waals surface area contributed by atoms with Gasteiger partial charge in [-0.25, -0.2) is 4.68 Å². The van der Waals surface area contributed by atoms with Gasteiger partial charge in [0.25, 0.3) is 5.56 Å². The fourth-order valence-corrected chi connectivity index (χ4v) is 3.58. The molecule has 0 unspecified atom stereocenters. The third-order valence-corrected chi connectivity index (χ3v) is 5.26. The third kappa shape index (κ3) is 3.20. The molecule has 1 fully saturated rings. The number of carbonyl (C=O) groups is 1. The van der Waals surface area contributed by atoms with Crippen LogP contribution in [0.5, 0.6) is 0 Å². The first-order valence-corrected chi connectivity index (χ1v) is 8.85. The summed E-state index contributed by atoms with van der Waals surface area (Å²) in [5, 5.41) is 6.17. The van der Waals surface area contributed by atoms with Gasteiger partial charge < -0.3 is 15.4 Å². The normalized spacial score (nSPS) is 16.4. The molecule has 0 saturated carbocycles. The van der Waals surface area contributed by atoms with Crippen molar-refractivity contribution in [1.82, 2.24) is 14.7 Å². The van der Waals surface area contributed by atoms with Gasteiger partial charge in [0.2, 0.25) is 5.91 Å². The molecule has 0 aliphatic carbocycles. The highest BCUT2D eigenvalue weighted by Gasteiger charge is 2.40. The molecule has 0 bridgehead atoms. The van der Waals surface area contributed by atoms with Crippen LogP contribution in [0, 0.1) is 12.3 Å². The zero-order chi connectivity index (χ0) is 18.7. The van der Waals surface area contributed by atoms with Crippen molar-refractivity contribution in [2.24, 2.45) is 12.5 Å². The van der Waals surface area contributed by atoms with Gasteiger partial charge in [-0.2, -0.15) is 0 Å². The molecule has 1 aromatic carbocycles. The molecule has 7 nitrogen and oxygen atoms in total. The molecule has 1 amide bonds. The lowest BCUT2D eigenvalue weighted by Crippen LogP contribution is -2.48. The zero-order valence-electron chi connectivity index (χ0n) is 15.5. The number of amides is 1. The number of anilines is 1. The lowest BCUT2D eigenvalue weighted by atomic mass is 9.78. The van der Waals surface area contributed by atoms with Crippen LogP contribution in [0.3, 0.4) is 0 Å². The molecule has 7 heteroatoms. The monoisotopic (exact) mass is 358 g/mol. The number of hydrogen-bond acceptors (Lipinski definition) is 4. The lowest BCUT2D eigenvalue weighted by molar-refractivity contribution is -0.130. The number of nitrogens with zero attached hydrogens (tertiary/aromatic N) is 2. The van der Waals surface area contributed by atoms with Crippen LogP contribution in [0.15, 0.2) is 35.1 Å². The van der Waals surface area contributed by atoms with Gasteiger partial charge in [-0.3, -0.25) is 14.3 Å². The molecule has 0 atom stereocenters. The minimum Gasteiger partial charge on any atom is -0.384 e. The van der Waals surface area contributed by atoms with Crippen molar-refractivity contribution in [1.29, 1.82) is 0 Å². The van der Waals surface area contributed by atoms with Crippen molar-refractivity contribution in [3.8, 4) is 5.69 Å². The summed E-state index contributed by atoms with van der Waals surface area (Å²) in [6.45, 7) is 3.71. The van der Waals surface area contributed by atoms with E-state index in [4.69, 9.17) is 4.74 Å². The summed E-state index contributed by atoms with van der Waals surface area (Å²) < 4.78 is 8.65. The Kier molecular flexibility index (Phi) is 5.29. The highest BCUT2D eigenvalue weighted by molar-refractivity contribution is 5.96. The number of piperidine rings is 1. The van der Waals surface area contributed by atoms with Crippen molar-refractivity contribution in [2.45, 2.75) is 19.8 Å². The molecule has 3 rings (SSSR count). The van der Waals surface area contributed by atoms with Crippen molar-refractivity contribution < 1.29 is 9.53 Å². The maximum Gasteiger partial charge on any atom is 0.295 e. The Morgan fingerprint density at radius 3 is 2.54 bits per heavy atom. The van der Waals surface area contributed by atoms with Crippen LogP contribution >= 0.6 is 0 Å². The number of benzene rings is 1. The first-order chi connectivity index (χ1) is 12.5. The molecule has 1 saturated heterocycles. The summed E-state index contributed by atoms with van der Waals surface area (Å²) in [5.74, 6) is -0.146. The van der Waals surface area contributed by atoms with Crippen molar-refractivity contribution in [2.75, 3.05) is 32.1 Å². The second kappa shape index (κ2) is 7.47. The molecule has 0 spiro atoms. The summed E-state index contributed by atoms with van der Waals surface area (Å²) in [6.07, 6.45) is 1.37. The minimum atomic E-state index is -0.605. The molecule has 2 heterocycles. The molecule has 1 aromatic heterocycles. The van der Waals surface area contributed by atoms with E-state index in [2.05, 4.69) is 10.6 Å². The molecule has 0 radical (unpaired) electrons. The molecule has 1 aliphatic rings. The van der Waals surface area contributed by atoms with Crippen LogP contribution in [0.4, 0.5) is 5.69 Å². The Bertz CT molecular complexity index is 827. The molecular formula is C19H26N4O3. The van der Waals surface area contributed by atoms with E-state index in [-0.39, 0.29) is 11.5 Å². The molecule has 1 aliphatic heterocycles. The molecular weight excluding hydrogens is 332 g/mol. The fourth-order valence-electron chi connectivity index (χ4n) is 3.58. The van der Waals surface area contributed by atoms with Gasteiger partial charge >= 0.3 is 0 Å². The van der Waals surface area contributed by atoms with E-state index in [0.717, 1.165) is 18.8 Å². The van der Waals surface area contributed by atoms with Crippen molar-refractivity contribution >= 4 is 11.6 Å². The van der Waals surface area contributed by atoms with Crippen molar-refractivity contribution in [3.63, 3.8) is 0 Å². The maximum atomic E-state index is 13.1. The molecule has 26 heavy (non-hydrogen) atoms. The Hall–Kier alpha value is -2.38. The number of aromatic nitrogens is 2. The fraction of sp³-hybridized carbons (Fsp3) is 0.474. The minimum absolute atomic E-state index is 0.146. The topological polar surface area (TPSA) is 77.3 Å². The number of carbonyl (C=O) groups excluding carboxylic acids is 1. The quantitative estimate of drug-likeness (QED) is 0.848. The van der Waals surface area contributed by atoms with E-state index in [0.29, 0.717) is 30.8 Å². The first kappa shape index (κ1) is 18.4. The van der Waals surface area contributed by atoms with E-state index in [1.54, 1.807) is 16.5 Å². The van der Waals surface area contributed by atoms with E-state index in [1.165, 1.54) is 0 Å². The first-order valence-electron chi connectivity index (χ1n) is 8.85. The third-order valence-electron chi connectivity index (χ3n) is 5.26. The van der Waals surface area contributed by atoms with Crippen LogP contribution in [-0.2, 0) is 16.6 Å². The second-order valence-corrected chi connectivity index (χ2v) is 6.85. The summed E-state index contributed by atoms with van der Waals surface area (Å²) in [5.41, 5.74) is 0.971. The second-order valence-electron chi connectivity index (χ2n) is 6.85. The van der Waals surface area contributed by atoms with Gasteiger partial charge in [0, 0.05) is 14.2 Å². The predicted octanol–water partition coefficient (Wildman–Crippen LogP) is 1.44. The summed E-state index contributed by atoms with van der Waals surface area (Å²) in [6, 6.07) is 9.39. The maximum absolute atomic E-state index is 13.1. The van der Waals surface area contributed by atoms with Crippen LogP contribution in [0.25, 0.3) is 5.69 Å². The highest BCUT2D eigenvalue weighted by atomic mass is 16.5. The Labute approximate surface area is 152 Å². The molecule has 2 aromatic rings. The molecule has 2 N–H and O–H groups in total. The van der Waals surface area contributed by atoms with Gasteiger partial charge in [-0.15, -0.1) is 0 Å². The Balaban J connectivity index is 1.95. The van der Waals surface area contributed by atoms with E-state index in [9.17, 15) is 9.59 Å². The van der Waals surface area contributed by atoms with Gasteiger partial charge in [0.05, 0.1) is 23.4 Å². The SMILES string of the molecule is COCC1(C(=O)Nc2c(C)n(C)n(-c3ccccc3)c2=O)CCNCC1. The summed E-state index contributed by atoms with van der Waals surface area (Å²) >= 11 is 0. The standard InChI is InChI=1S/C19H26N4O3/c1-14-16(17(24)23(22(14)2)15-7-5-4-6-8-15)21-18(25)19(13-26-3)9-11-20-12-10-19/h4-8,20H,9-13H2,1-3H3,(H,21,25). The van der Waals surface area contributed by atoms with Gasteiger partial charge in [0.1, 0.15) is 5.69 Å². The average Bonchev–Trinajstić information content (AvgIpc) is 2.87. The number of rotatable bonds is 5. The zero-order valence-corrected chi connectivity index (χ0v) is 15.5. The predicted molar refractivity (Wildman–Crippen MR) is 101 cm³/mol. The lowest BCUT2D eigenvalue weighted by Gasteiger charge is -2.35. The number of hydrogen-bond donors (Lipinski definition) is 2. The Morgan fingerprint density at radius 1 is 1.27 bits per heavy atom. The van der Waals surface area contributed by atoms with Crippen molar-refractivity contribution in [3.05, 3.63) is 46.4 Å². The molecule has 140 valence electrons. The van der Waals surface area contributed by atoms with Gasteiger partial charge in [-0.05, 0) is 45.0 Å². The van der Waals surface area contributed by atoms with Gasteiger partial charge in [0.15, 0.2) is 0 Å². The van der Waals surface area contributed by atoms with Gasteiger partial charge in [-0.1, -0.05) is 18.2 Å². The van der Waals surface area contributed by atoms with Crippen LogP contribution in [0.1, 0.15) is 18.5 Å². The van der Waals surface area contributed by atoms with E-state index in [1.807, 2.05) is 44.3 Å². The number of para-hydroxylation sites is 1. The number of methoxy groups -OCH3 is 1. The Morgan fingerprint density at radius 2 is 1.92 bits per heavy atom. The number of ether oxygens (including phenoxy) is 1. The van der Waals surface area contributed by atoms with Crippen LogP contribution in [-0.4, -0.2) is 42.1 Å². The highest BCUT2D eigenvalue weighted by Crippen LogP contribution is 2.31. The summed E-state index contributed by atoms with van der Waals surface area (Å²) in [7, 11) is 3.42. The number of nitrogens with one attached hydrogen (secondary N) is 2. The van der Waals surface area contributed by atoms with E-state index >= 15 is 0 Å². The summed E-state index contributed by atoms with van der Waals surface area (Å²) in [4.78, 5) is 26.0. The van der Waals surface area contributed by atoms with Crippen LogP contribution in [0.2, 0.25) is 0 Å².